The molecule has 78 valence electrons. The van der Waals surface area contributed by atoms with Gasteiger partial charge in [-0.1, -0.05) is 0 Å². The summed E-state index contributed by atoms with van der Waals surface area (Å²) in [6, 6.07) is 2.86. The summed E-state index contributed by atoms with van der Waals surface area (Å²) in [5.41, 5.74) is 0. The smallest absolute Gasteiger partial charge is 0.0918 e. The van der Waals surface area contributed by atoms with Gasteiger partial charge in [-0.15, -0.1) is 11.3 Å². The Kier molecular flexibility index (Phi) is 3.47. The van der Waals surface area contributed by atoms with Gasteiger partial charge in [-0.3, -0.25) is 0 Å². The molecular formula is C10H15BrN2S. The topological polar surface area (TPSA) is 15.3 Å². The third-order valence-corrected chi connectivity index (χ3v) is 4.39. The molecule has 1 atom stereocenters. The van der Waals surface area contributed by atoms with Gasteiger partial charge in [-0.25, -0.2) is 0 Å². The first-order valence-electron chi connectivity index (χ1n) is 4.94. The standard InChI is InChI=1S/C10H15BrN2S/c1-13(6-9-3-2-4-12-9)10-5-8(11)7-14-10/h5,7,9,12H,2-4,6H2,1H3. The van der Waals surface area contributed by atoms with Crippen LogP contribution >= 0.6 is 27.3 Å². The summed E-state index contributed by atoms with van der Waals surface area (Å²) >= 11 is 5.27. The van der Waals surface area contributed by atoms with Crippen LogP contribution in [0.4, 0.5) is 5.00 Å². The fourth-order valence-corrected chi connectivity index (χ4v) is 3.24. The molecule has 0 spiro atoms. The molecule has 0 aromatic carbocycles. The van der Waals surface area contributed by atoms with Crippen LogP contribution in [0.15, 0.2) is 15.9 Å². The highest BCUT2D eigenvalue weighted by molar-refractivity contribution is 9.10. The number of thiophene rings is 1. The molecule has 1 aliphatic rings. The fraction of sp³-hybridized carbons (Fsp3) is 0.600. The largest absolute Gasteiger partial charge is 0.365 e. The Morgan fingerprint density at radius 3 is 3.14 bits per heavy atom. The van der Waals surface area contributed by atoms with Crippen molar-refractivity contribution in [1.29, 1.82) is 0 Å². The van der Waals surface area contributed by atoms with Crippen molar-refractivity contribution in [3.63, 3.8) is 0 Å². The molecule has 2 rings (SSSR count). The molecule has 1 aromatic heterocycles. The van der Waals surface area contributed by atoms with E-state index in [-0.39, 0.29) is 0 Å². The average Bonchev–Trinajstić information content (AvgIpc) is 2.75. The minimum absolute atomic E-state index is 0.681. The first kappa shape index (κ1) is 10.5. The predicted molar refractivity (Wildman–Crippen MR) is 66.3 cm³/mol. The number of hydrogen-bond donors (Lipinski definition) is 1. The molecule has 4 heteroatoms. The lowest BCUT2D eigenvalue weighted by Crippen LogP contribution is -2.34. The summed E-state index contributed by atoms with van der Waals surface area (Å²) in [4.78, 5) is 2.33. The number of nitrogens with one attached hydrogen (secondary N) is 1. The normalized spacial score (nSPS) is 21.4. The molecule has 1 aromatic rings. The van der Waals surface area contributed by atoms with Gasteiger partial charge in [-0.05, 0) is 41.4 Å². The molecule has 2 nitrogen and oxygen atoms in total. The maximum absolute atomic E-state index is 3.52. The van der Waals surface area contributed by atoms with Gasteiger partial charge in [0.05, 0.1) is 5.00 Å². The Hall–Kier alpha value is -0.0600. The highest BCUT2D eigenvalue weighted by Gasteiger charge is 2.16. The highest BCUT2D eigenvalue weighted by atomic mass is 79.9. The van der Waals surface area contributed by atoms with Crippen molar-refractivity contribution in [2.45, 2.75) is 18.9 Å². The first-order chi connectivity index (χ1) is 6.75. The molecule has 0 saturated carbocycles. The molecule has 0 amide bonds. The van der Waals surface area contributed by atoms with Crippen LogP contribution < -0.4 is 10.2 Å². The van der Waals surface area contributed by atoms with Crippen LogP contribution in [0, 0.1) is 0 Å². The van der Waals surface area contributed by atoms with Gasteiger partial charge < -0.3 is 10.2 Å². The van der Waals surface area contributed by atoms with E-state index in [9.17, 15) is 0 Å². The summed E-state index contributed by atoms with van der Waals surface area (Å²) in [5.74, 6) is 0. The van der Waals surface area contributed by atoms with E-state index >= 15 is 0 Å². The summed E-state index contributed by atoms with van der Waals surface area (Å²) in [5, 5.41) is 6.99. The quantitative estimate of drug-likeness (QED) is 0.912. The van der Waals surface area contributed by atoms with E-state index in [1.807, 2.05) is 0 Å². The molecule has 1 fully saturated rings. The van der Waals surface area contributed by atoms with E-state index in [0.29, 0.717) is 6.04 Å². The van der Waals surface area contributed by atoms with E-state index in [2.05, 4.69) is 44.6 Å². The molecule has 1 N–H and O–H groups in total. The van der Waals surface area contributed by atoms with Crippen LogP contribution in [0.2, 0.25) is 0 Å². The van der Waals surface area contributed by atoms with Gasteiger partial charge >= 0.3 is 0 Å². The highest BCUT2D eigenvalue weighted by Crippen LogP contribution is 2.27. The molecule has 1 aliphatic heterocycles. The minimum Gasteiger partial charge on any atom is -0.365 e. The van der Waals surface area contributed by atoms with E-state index in [0.717, 1.165) is 6.54 Å². The maximum atomic E-state index is 3.52. The fourth-order valence-electron chi connectivity index (χ4n) is 1.84. The van der Waals surface area contributed by atoms with Crippen molar-refractivity contribution in [1.82, 2.24) is 5.32 Å². The van der Waals surface area contributed by atoms with Gasteiger partial charge in [0.15, 0.2) is 0 Å². The number of anilines is 1. The zero-order valence-corrected chi connectivity index (χ0v) is 10.7. The van der Waals surface area contributed by atoms with E-state index in [4.69, 9.17) is 0 Å². The van der Waals surface area contributed by atoms with Crippen LogP contribution in [-0.2, 0) is 0 Å². The molecule has 0 aliphatic carbocycles. The van der Waals surface area contributed by atoms with Crippen molar-refractivity contribution in [3.05, 3.63) is 15.9 Å². The van der Waals surface area contributed by atoms with Crippen molar-refractivity contribution in [3.8, 4) is 0 Å². The van der Waals surface area contributed by atoms with E-state index in [1.165, 1.54) is 28.9 Å². The Morgan fingerprint density at radius 2 is 2.57 bits per heavy atom. The van der Waals surface area contributed by atoms with Gasteiger partial charge in [-0.2, -0.15) is 0 Å². The maximum Gasteiger partial charge on any atom is 0.0918 e. The van der Waals surface area contributed by atoms with Crippen molar-refractivity contribution >= 4 is 32.3 Å². The van der Waals surface area contributed by atoms with Gasteiger partial charge in [0.25, 0.3) is 0 Å². The van der Waals surface area contributed by atoms with E-state index in [1.54, 1.807) is 11.3 Å². The van der Waals surface area contributed by atoms with Crippen LogP contribution in [0.3, 0.4) is 0 Å². The number of likely N-dealkylation sites (N-methyl/N-ethyl adjacent to an activating group) is 1. The van der Waals surface area contributed by atoms with Crippen molar-refractivity contribution in [2.24, 2.45) is 0 Å². The number of hydrogen-bond acceptors (Lipinski definition) is 3. The first-order valence-corrected chi connectivity index (χ1v) is 6.61. The van der Waals surface area contributed by atoms with Crippen molar-refractivity contribution in [2.75, 3.05) is 25.0 Å². The Bertz CT molecular complexity index is 294. The van der Waals surface area contributed by atoms with Gasteiger partial charge in [0.1, 0.15) is 0 Å². The second-order valence-electron chi connectivity index (χ2n) is 3.78. The number of rotatable bonds is 3. The lowest BCUT2D eigenvalue weighted by atomic mass is 10.2. The van der Waals surface area contributed by atoms with Crippen LogP contribution in [0.25, 0.3) is 0 Å². The lowest BCUT2D eigenvalue weighted by molar-refractivity contribution is 0.601. The SMILES string of the molecule is CN(CC1CCCN1)c1cc(Br)cs1. The van der Waals surface area contributed by atoms with Crippen molar-refractivity contribution < 1.29 is 0 Å². The Morgan fingerprint density at radius 1 is 1.71 bits per heavy atom. The molecule has 1 unspecified atom stereocenters. The molecule has 14 heavy (non-hydrogen) atoms. The monoisotopic (exact) mass is 274 g/mol. The molecule has 0 radical (unpaired) electrons. The minimum atomic E-state index is 0.681. The van der Waals surface area contributed by atoms with Crippen LogP contribution in [-0.4, -0.2) is 26.2 Å². The summed E-state index contributed by atoms with van der Waals surface area (Å²) < 4.78 is 1.18. The van der Waals surface area contributed by atoms with Gasteiger partial charge in [0, 0.05) is 29.5 Å². The van der Waals surface area contributed by atoms with Gasteiger partial charge in [0.2, 0.25) is 0 Å². The number of halogens is 1. The summed E-state index contributed by atoms with van der Waals surface area (Å²) in [6.45, 7) is 2.31. The predicted octanol–water partition coefficient (Wildman–Crippen LogP) is 2.70. The molecule has 0 bridgehead atoms. The Balaban J connectivity index is 1.91. The zero-order chi connectivity index (χ0) is 9.97. The second-order valence-corrected chi connectivity index (χ2v) is 5.58. The molecule has 2 heterocycles. The molecule has 1 saturated heterocycles. The molecular weight excluding hydrogens is 260 g/mol. The van der Waals surface area contributed by atoms with E-state index < -0.39 is 0 Å². The summed E-state index contributed by atoms with van der Waals surface area (Å²) in [7, 11) is 2.16. The summed E-state index contributed by atoms with van der Waals surface area (Å²) in [6.07, 6.45) is 2.64. The van der Waals surface area contributed by atoms with Crippen LogP contribution in [0.5, 0.6) is 0 Å². The third kappa shape index (κ3) is 2.49. The second kappa shape index (κ2) is 4.64. The van der Waals surface area contributed by atoms with Crippen LogP contribution in [0.1, 0.15) is 12.8 Å². The average molecular weight is 275 g/mol. The lowest BCUT2D eigenvalue weighted by Gasteiger charge is -2.21. The number of nitrogens with zero attached hydrogens (tertiary/aromatic N) is 1. The zero-order valence-electron chi connectivity index (χ0n) is 8.29. The third-order valence-electron chi connectivity index (χ3n) is 2.59. The Labute approximate surface area is 97.4 Å².